The molecule has 0 unspecified atom stereocenters. The number of fused-ring (bicyclic) bond motifs is 1. The maximum atomic E-state index is 12.6. The standard InChI is InChI=1S/C21H21N5O/c1-3-25(14-16-10-8-7-9-15(16)2)21-23-19-18(20(27)24-21)13-22-26(19)17-11-5-4-6-12-17/h4-13H,3,14H2,1-2H3,(H,23,24,27). The Morgan fingerprint density at radius 1 is 1.07 bits per heavy atom. The summed E-state index contributed by atoms with van der Waals surface area (Å²) in [5.74, 6) is 0.552. The fourth-order valence-corrected chi connectivity index (χ4v) is 3.14. The van der Waals surface area contributed by atoms with Crippen LogP contribution in [0.15, 0.2) is 65.6 Å². The number of nitrogens with zero attached hydrogens (tertiary/aromatic N) is 4. The molecule has 136 valence electrons. The lowest BCUT2D eigenvalue weighted by atomic mass is 10.1. The summed E-state index contributed by atoms with van der Waals surface area (Å²) in [5, 5.41) is 4.85. The second kappa shape index (κ2) is 7.07. The number of H-pyrrole nitrogens is 1. The summed E-state index contributed by atoms with van der Waals surface area (Å²) in [7, 11) is 0. The summed E-state index contributed by atoms with van der Waals surface area (Å²) in [6.07, 6.45) is 1.57. The third-order valence-electron chi connectivity index (χ3n) is 4.73. The lowest BCUT2D eigenvalue weighted by molar-refractivity contribution is 0.785. The summed E-state index contributed by atoms with van der Waals surface area (Å²) >= 11 is 0. The van der Waals surface area contributed by atoms with Crippen LogP contribution in [0.3, 0.4) is 0 Å². The molecule has 0 saturated heterocycles. The van der Waals surface area contributed by atoms with Crippen LogP contribution in [0.1, 0.15) is 18.1 Å². The predicted molar refractivity (Wildman–Crippen MR) is 107 cm³/mol. The van der Waals surface area contributed by atoms with Gasteiger partial charge in [-0.25, -0.2) is 4.68 Å². The molecule has 0 bridgehead atoms. The molecule has 0 amide bonds. The molecule has 0 atom stereocenters. The molecule has 6 nitrogen and oxygen atoms in total. The summed E-state index contributed by atoms with van der Waals surface area (Å²) in [5.41, 5.74) is 3.68. The van der Waals surface area contributed by atoms with Crippen LogP contribution < -0.4 is 10.5 Å². The minimum Gasteiger partial charge on any atom is -0.338 e. The van der Waals surface area contributed by atoms with Crippen molar-refractivity contribution in [1.82, 2.24) is 19.7 Å². The highest BCUT2D eigenvalue weighted by molar-refractivity contribution is 5.76. The molecule has 0 radical (unpaired) electrons. The van der Waals surface area contributed by atoms with Crippen LogP contribution in [0.5, 0.6) is 0 Å². The molecular formula is C21H21N5O. The Kier molecular flexibility index (Phi) is 4.46. The zero-order valence-electron chi connectivity index (χ0n) is 15.4. The maximum Gasteiger partial charge on any atom is 0.263 e. The molecule has 1 N–H and O–H groups in total. The van der Waals surface area contributed by atoms with Crippen LogP contribution in [0, 0.1) is 6.92 Å². The normalized spacial score (nSPS) is 11.0. The highest BCUT2D eigenvalue weighted by Crippen LogP contribution is 2.18. The van der Waals surface area contributed by atoms with E-state index in [9.17, 15) is 4.79 Å². The topological polar surface area (TPSA) is 66.8 Å². The van der Waals surface area contributed by atoms with E-state index in [1.807, 2.05) is 42.5 Å². The minimum absolute atomic E-state index is 0.180. The molecular weight excluding hydrogens is 338 g/mol. The first kappa shape index (κ1) is 17.0. The molecule has 0 aliphatic carbocycles. The average molecular weight is 359 g/mol. The van der Waals surface area contributed by atoms with Crippen LogP contribution >= 0.6 is 0 Å². The lowest BCUT2D eigenvalue weighted by Gasteiger charge is -2.22. The van der Waals surface area contributed by atoms with Gasteiger partial charge < -0.3 is 4.90 Å². The summed E-state index contributed by atoms with van der Waals surface area (Å²) in [6.45, 7) is 5.54. The second-order valence-corrected chi connectivity index (χ2v) is 6.46. The number of benzene rings is 2. The molecule has 0 aliphatic rings. The molecule has 0 fully saturated rings. The zero-order chi connectivity index (χ0) is 18.8. The Bertz CT molecular complexity index is 1130. The zero-order valence-corrected chi connectivity index (χ0v) is 15.4. The number of para-hydroxylation sites is 1. The van der Waals surface area contributed by atoms with Crippen molar-refractivity contribution in [3.05, 3.63) is 82.3 Å². The summed E-state index contributed by atoms with van der Waals surface area (Å²) in [6, 6.07) is 18.0. The van der Waals surface area contributed by atoms with E-state index in [1.54, 1.807) is 10.9 Å². The monoisotopic (exact) mass is 359 g/mol. The molecule has 2 heterocycles. The average Bonchev–Trinajstić information content (AvgIpc) is 3.12. The van der Waals surface area contributed by atoms with Crippen LogP contribution in [-0.2, 0) is 6.54 Å². The highest BCUT2D eigenvalue weighted by Gasteiger charge is 2.15. The Balaban J connectivity index is 1.79. The first-order valence-corrected chi connectivity index (χ1v) is 9.00. The van der Waals surface area contributed by atoms with Gasteiger partial charge in [-0.2, -0.15) is 10.1 Å². The van der Waals surface area contributed by atoms with Gasteiger partial charge in [-0.3, -0.25) is 9.78 Å². The van der Waals surface area contributed by atoms with Gasteiger partial charge in [0.25, 0.3) is 5.56 Å². The molecule has 2 aromatic heterocycles. The van der Waals surface area contributed by atoms with Crippen molar-refractivity contribution in [3.8, 4) is 5.69 Å². The molecule has 0 saturated carbocycles. The predicted octanol–water partition coefficient (Wildman–Crippen LogP) is 3.44. The van der Waals surface area contributed by atoms with E-state index in [-0.39, 0.29) is 5.56 Å². The Labute approximate surface area is 157 Å². The van der Waals surface area contributed by atoms with Crippen molar-refractivity contribution in [1.29, 1.82) is 0 Å². The van der Waals surface area contributed by atoms with Gasteiger partial charge in [-0.05, 0) is 37.1 Å². The fraction of sp³-hybridized carbons (Fsp3) is 0.190. The number of aromatic nitrogens is 4. The molecule has 27 heavy (non-hydrogen) atoms. The van der Waals surface area contributed by atoms with Gasteiger partial charge >= 0.3 is 0 Å². The summed E-state index contributed by atoms with van der Waals surface area (Å²) in [4.78, 5) is 22.3. The van der Waals surface area contributed by atoms with Gasteiger partial charge in [0.1, 0.15) is 5.39 Å². The number of aryl methyl sites for hydroxylation is 1. The molecule has 6 heteroatoms. The fourth-order valence-electron chi connectivity index (χ4n) is 3.14. The SMILES string of the molecule is CCN(Cc1ccccc1C)c1nc2c(cnn2-c2ccccc2)c(=O)[nH]1. The van der Waals surface area contributed by atoms with Gasteiger partial charge in [0.05, 0.1) is 11.9 Å². The number of hydrogen-bond donors (Lipinski definition) is 1. The summed E-state index contributed by atoms with van der Waals surface area (Å²) < 4.78 is 1.70. The van der Waals surface area contributed by atoms with E-state index < -0.39 is 0 Å². The van der Waals surface area contributed by atoms with Crippen molar-refractivity contribution in [2.45, 2.75) is 20.4 Å². The number of rotatable bonds is 5. The third kappa shape index (κ3) is 3.21. The van der Waals surface area contributed by atoms with Gasteiger partial charge in [-0.1, -0.05) is 42.5 Å². The maximum absolute atomic E-state index is 12.6. The van der Waals surface area contributed by atoms with E-state index in [2.05, 4.69) is 41.0 Å². The van der Waals surface area contributed by atoms with Crippen molar-refractivity contribution >= 4 is 17.0 Å². The Hall–Kier alpha value is -3.41. The van der Waals surface area contributed by atoms with Gasteiger partial charge in [0.15, 0.2) is 5.65 Å². The van der Waals surface area contributed by atoms with Crippen LogP contribution in [-0.4, -0.2) is 26.3 Å². The van der Waals surface area contributed by atoms with E-state index in [0.717, 1.165) is 12.2 Å². The Morgan fingerprint density at radius 3 is 2.56 bits per heavy atom. The molecule has 4 aromatic rings. The van der Waals surface area contributed by atoms with E-state index in [0.29, 0.717) is 23.5 Å². The van der Waals surface area contributed by atoms with E-state index >= 15 is 0 Å². The van der Waals surface area contributed by atoms with Crippen LogP contribution in [0.4, 0.5) is 5.95 Å². The van der Waals surface area contributed by atoms with Gasteiger partial charge in [0, 0.05) is 13.1 Å². The smallest absolute Gasteiger partial charge is 0.263 e. The largest absolute Gasteiger partial charge is 0.338 e. The highest BCUT2D eigenvalue weighted by atomic mass is 16.1. The minimum atomic E-state index is -0.180. The third-order valence-corrected chi connectivity index (χ3v) is 4.73. The molecule has 4 rings (SSSR count). The molecule has 2 aromatic carbocycles. The van der Waals surface area contributed by atoms with Crippen molar-refractivity contribution in [3.63, 3.8) is 0 Å². The Morgan fingerprint density at radius 2 is 1.81 bits per heavy atom. The first-order valence-electron chi connectivity index (χ1n) is 9.00. The van der Waals surface area contributed by atoms with Crippen molar-refractivity contribution in [2.24, 2.45) is 0 Å². The number of nitrogens with one attached hydrogen (secondary N) is 1. The van der Waals surface area contributed by atoms with E-state index in [4.69, 9.17) is 4.98 Å². The quantitative estimate of drug-likeness (QED) is 0.593. The molecule has 0 spiro atoms. The molecule has 0 aliphatic heterocycles. The number of aromatic amines is 1. The number of hydrogen-bond acceptors (Lipinski definition) is 4. The van der Waals surface area contributed by atoms with Crippen molar-refractivity contribution in [2.75, 3.05) is 11.4 Å². The van der Waals surface area contributed by atoms with Gasteiger partial charge in [-0.15, -0.1) is 0 Å². The van der Waals surface area contributed by atoms with Crippen LogP contribution in [0.2, 0.25) is 0 Å². The van der Waals surface area contributed by atoms with E-state index in [1.165, 1.54) is 11.1 Å². The van der Waals surface area contributed by atoms with Crippen molar-refractivity contribution < 1.29 is 0 Å². The number of anilines is 1. The first-order chi connectivity index (χ1) is 13.2. The lowest BCUT2D eigenvalue weighted by Crippen LogP contribution is -2.27. The second-order valence-electron chi connectivity index (χ2n) is 6.46. The van der Waals surface area contributed by atoms with Crippen LogP contribution in [0.25, 0.3) is 16.7 Å². The van der Waals surface area contributed by atoms with Gasteiger partial charge in [0.2, 0.25) is 5.95 Å².